The minimum atomic E-state index is -0.378. The number of benzene rings is 1. The van der Waals surface area contributed by atoms with Gasteiger partial charge in [-0.25, -0.2) is 4.79 Å². The molecule has 0 fully saturated rings. The molecular formula is C10H12INO2. The average molecular weight is 305 g/mol. The molecule has 4 heteroatoms. The van der Waals surface area contributed by atoms with Crippen molar-refractivity contribution in [1.29, 1.82) is 0 Å². The van der Waals surface area contributed by atoms with E-state index in [1.165, 1.54) is 7.11 Å². The summed E-state index contributed by atoms with van der Waals surface area (Å²) in [4.78, 5) is 11.3. The Morgan fingerprint density at radius 2 is 2.21 bits per heavy atom. The zero-order chi connectivity index (χ0) is 10.7. The maximum atomic E-state index is 11.3. The maximum absolute atomic E-state index is 11.3. The van der Waals surface area contributed by atoms with E-state index in [-0.39, 0.29) is 5.97 Å². The van der Waals surface area contributed by atoms with Gasteiger partial charge in [-0.3, -0.25) is 0 Å². The van der Waals surface area contributed by atoms with E-state index in [1.807, 2.05) is 13.0 Å². The molecule has 3 nitrogen and oxygen atoms in total. The van der Waals surface area contributed by atoms with E-state index in [9.17, 15) is 4.79 Å². The molecule has 0 aliphatic heterocycles. The summed E-state index contributed by atoms with van der Waals surface area (Å²) in [6.45, 7) is 1.89. The van der Waals surface area contributed by atoms with Crippen molar-refractivity contribution < 1.29 is 9.53 Å². The molecule has 0 aliphatic rings. The van der Waals surface area contributed by atoms with E-state index in [1.54, 1.807) is 6.07 Å². The Hall–Kier alpha value is -0.780. The minimum absolute atomic E-state index is 0.378. The first kappa shape index (κ1) is 11.3. The van der Waals surface area contributed by atoms with Gasteiger partial charge < -0.3 is 10.5 Å². The Balaban J connectivity index is 3.27. The van der Waals surface area contributed by atoms with Gasteiger partial charge in [0.1, 0.15) is 0 Å². The van der Waals surface area contributed by atoms with E-state index in [0.717, 1.165) is 15.6 Å². The highest BCUT2D eigenvalue weighted by Gasteiger charge is 2.12. The molecule has 0 spiro atoms. The second-order valence-electron chi connectivity index (χ2n) is 3.00. The Labute approximate surface area is 96.8 Å². The van der Waals surface area contributed by atoms with Crippen molar-refractivity contribution in [2.24, 2.45) is 0 Å². The molecule has 14 heavy (non-hydrogen) atoms. The zero-order valence-corrected chi connectivity index (χ0v) is 10.3. The largest absolute Gasteiger partial charge is 0.465 e. The van der Waals surface area contributed by atoms with E-state index in [2.05, 4.69) is 27.3 Å². The molecule has 1 aromatic carbocycles. The molecule has 0 saturated carbocycles. The van der Waals surface area contributed by atoms with Gasteiger partial charge in [-0.1, -0.05) is 28.7 Å². The number of anilines is 1. The van der Waals surface area contributed by atoms with Gasteiger partial charge in [0.25, 0.3) is 0 Å². The van der Waals surface area contributed by atoms with Gasteiger partial charge >= 0.3 is 5.97 Å². The fraction of sp³-hybridized carbons (Fsp3) is 0.300. The first-order valence-corrected chi connectivity index (χ1v) is 5.66. The molecule has 0 atom stereocenters. The molecule has 0 aliphatic carbocycles. The second-order valence-corrected chi connectivity index (χ2v) is 3.76. The van der Waals surface area contributed by atoms with Crippen molar-refractivity contribution in [3.05, 3.63) is 28.8 Å². The highest BCUT2D eigenvalue weighted by molar-refractivity contribution is 14.1. The van der Waals surface area contributed by atoms with Gasteiger partial charge in [-0.05, 0) is 24.1 Å². The lowest BCUT2D eigenvalue weighted by molar-refractivity contribution is 0.0602. The summed E-state index contributed by atoms with van der Waals surface area (Å²) in [6.07, 6.45) is 0. The molecular weight excluding hydrogens is 293 g/mol. The summed E-state index contributed by atoms with van der Waals surface area (Å²) < 4.78 is 5.50. The molecule has 1 aromatic rings. The van der Waals surface area contributed by atoms with Gasteiger partial charge in [0.15, 0.2) is 0 Å². The summed E-state index contributed by atoms with van der Waals surface area (Å²) in [5.41, 5.74) is 8.74. The number of ether oxygens (including phenoxy) is 1. The number of nitrogen functional groups attached to an aromatic ring is 1. The lowest BCUT2D eigenvalue weighted by Crippen LogP contribution is -2.07. The molecule has 0 unspecified atom stereocenters. The lowest BCUT2D eigenvalue weighted by atomic mass is 10.0. The van der Waals surface area contributed by atoms with Crippen LogP contribution in [0.3, 0.4) is 0 Å². The van der Waals surface area contributed by atoms with Crippen LogP contribution in [0.1, 0.15) is 21.5 Å². The number of esters is 1. The predicted molar refractivity (Wildman–Crippen MR) is 64.7 cm³/mol. The summed E-state index contributed by atoms with van der Waals surface area (Å²) >= 11 is 2.24. The summed E-state index contributed by atoms with van der Waals surface area (Å²) in [5, 5.41) is 0. The summed E-state index contributed by atoms with van der Waals surface area (Å²) in [5.74, 6) is -0.378. The van der Waals surface area contributed by atoms with Gasteiger partial charge in [-0.15, -0.1) is 0 Å². The number of halogens is 1. The lowest BCUT2D eigenvalue weighted by Gasteiger charge is -2.08. The second kappa shape index (κ2) is 4.63. The monoisotopic (exact) mass is 305 g/mol. The third-order valence-corrected chi connectivity index (χ3v) is 2.89. The number of aryl methyl sites for hydroxylation is 1. The number of methoxy groups -OCH3 is 1. The molecule has 0 radical (unpaired) electrons. The third kappa shape index (κ3) is 2.17. The van der Waals surface area contributed by atoms with Crippen LogP contribution in [0.2, 0.25) is 0 Å². The van der Waals surface area contributed by atoms with Gasteiger partial charge in [-0.2, -0.15) is 0 Å². The van der Waals surface area contributed by atoms with Crippen molar-refractivity contribution in [2.75, 3.05) is 12.8 Å². The van der Waals surface area contributed by atoms with Crippen LogP contribution in [-0.2, 0) is 9.16 Å². The fourth-order valence-electron chi connectivity index (χ4n) is 1.23. The number of rotatable bonds is 2. The SMILES string of the molecule is COC(=O)c1cc(CI)cc(C)c1N. The third-order valence-electron chi connectivity index (χ3n) is 2.01. The molecule has 0 bridgehead atoms. The normalized spacial score (nSPS) is 9.93. The van der Waals surface area contributed by atoms with Crippen LogP contribution in [-0.4, -0.2) is 13.1 Å². The van der Waals surface area contributed by atoms with Crippen molar-refractivity contribution in [2.45, 2.75) is 11.4 Å². The van der Waals surface area contributed by atoms with Crippen molar-refractivity contribution in [3.63, 3.8) is 0 Å². The van der Waals surface area contributed by atoms with Gasteiger partial charge in [0.05, 0.1) is 12.7 Å². The molecule has 0 heterocycles. The Bertz CT molecular complexity index is 363. The van der Waals surface area contributed by atoms with Crippen LogP contribution >= 0.6 is 22.6 Å². The van der Waals surface area contributed by atoms with Gasteiger partial charge in [0, 0.05) is 10.1 Å². The van der Waals surface area contributed by atoms with Crippen LogP contribution in [0.25, 0.3) is 0 Å². The first-order chi connectivity index (χ1) is 6.60. The van der Waals surface area contributed by atoms with E-state index in [0.29, 0.717) is 11.3 Å². The smallest absolute Gasteiger partial charge is 0.339 e. The van der Waals surface area contributed by atoms with Crippen LogP contribution in [0.4, 0.5) is 5.69 Å². The number of hydrogen-bond donors (Lipinski definition) is 1. The first-order valence-electron chi connectivity index (χ1n) is 4.13. The minimum Gasteiger partial charge on any atom is -0.465 e. The Morgan fingerprint density at radius 1 is 1.57 bits per heavy atom. The predicted octanol–water partition coefficient (Wildman–Crippen LogP) is 2.30. The maximum Gasteiger partial charge on any atom is 0.339 e. The van der Waals surface area contributed by atoms with Crippen molar-refractivity contribution in [3.8, 4) is 0 Å². The number of nitrogens with two attached hydrogens (primary N) is 1. The molecule has 1 rings (SSSR count). The number of carbonyl (C=O) groups excluding carboxylic acids is 1. The van der Waals surface area contributed by atoms with Crippen LogP contribution in [0, 0.1) is 6.92 Å². The molecule has 0 aromatic heterocycles. The summed E-state index contributed by atoms with van der Waals surface area (Å²) in [7, 11) is 1.35. The number of hydrogen-bond acceptors (Lipinski definition) is 3. The fourth-order valence-corrected chi connectivity index (χ4v) is 1.67. The van der Waals surface area contributed by atoms with E-state index < -0.39 is 0 Å². The van der Waals surface area contributed by atoms with Crippen LogP contribution < -0.4 is 5.73 Å². The zero-order valence-electron chi connectivity index (χ0n) is 8.13. The Kier molecular flexibility index (Phi) is 3.74. The molecule has 0 saturated heterocycles. The summed E-state index contributed by atoms with van der Waals surface area (Å²) in [6, 6.07) is 3.76. The van der Waals surface area contributed by atoms with Gasteiger partial charge in [0.2, 0.25) is 0 Å². The quantitative estimate of drug-likeness (QED) is 0.395. The van der Waals surface area contributed by atoms with Crippen LogP contribution in [0.5, 0.6) is 0 Å². The number of carbonyl (C=O) groups is 1. The molecule has 76 valence electrons. The standard InChI is InChI=1S/C10H12INO2/c1-6-3-7(5-11)4-8(9(6)12)10(13)14-2/h3-4H,5,12H2,1-2H3. The van der Waals surface area contributed by atoms with E-state index in [4.69, 9.17) is 5.73 Å². The average Bonchev–Trinajstić information content (AvgIpc) is 2.20. The highest BCUT2D eigenvalue weighted by Crippen LogP contribution is 2.21. The van der Waals surface area contributed by atoms with Crippen molar-refractivity contribution in [1.82, 2.24) is 0 Å². The highest BCUT2D eigenvalue weighted by atomic mass is 127. The Morgan fingerprint density at radius 3 is 2.71 bits per heavy atom. The molecule has 0 amide bonds. The van der Waals surface area contributed by atoms with Crippen molar-refractivity contribution >= 4 is 34.2 Å². The van der Waals surface area contributed by atoms with E-state index >= 15 is 0 Å². The van der Waals surface area contributed by atoms with Crippen LogP contribution in [0.15, 0.2) is 12.1 Å². The molecule has 2 N–H and O–H groups in total. The topological polar surface area (TPSA) is 52.3 Å². The number of alkyl halides is 1.